The Balaban J connectivity index is 1.65. The summed E-state index contributed by atoms with van der Waals surface area (Å²) < 4.78 is 10.6. The molecule has 158 valence electrons. The number of hydrogen-bond acceptors (Lipinski definition) is 5. The topological polar surface area (TPSA) is 84.9 Å². The average Bonchev–Trinajstić information content (AvgIpc) is 3.00. The van der Waals surface area contributed by atoms with Crippen molar-refractivity contribution >= 4 is 18.0 Å². The molecule has 1 fully saturated rings. The van der Waals surface area contributed by atoms with Crippen LogP contribution in [0.15, 0.2) is 60.7 Å². The summed E-state index contributed by atoms with van der Waals surface area (Å²) in [6, 6.07) is 17.7. The van der Waals surface area contributed by atoms with Gasteiger partial charge < -0.3 is 9.47 Å². The molecule has 0 heterocycles. The largest absolute Gasteiger partial charge is 0.443 e. The summed E-state index contributed by atoms with van der Waals surface area (Å²) in [5.41, 5.74) is 4.05. The zero-order valence-corrected chi connectivity index (χ0v) is 16.8. The van der Waals surface area contributed by atoms with E-state index in [4.69, 9.17) is 9.47 Å². The molecule has 1 unspecified atom stereocenters. The van der Waals surface area contributed by atoms with Gasteiger partial charge in [0.15, 0.2) is 5.78 Å². The number of rotatable bonds is 5. The quantitative estimate of drug-likeness (QED) is 0.584. The van der Waals surface area contributed by atoms with E-state index in [2.05, 4.69) is 5.43 Å². The molecule has 0 saturated heterocycles. The van der Waals surface area contributed by atoms with Crippen molar-refractivity contribution in [2.24, 2.45) is 0 Å². The van der Waals surface area contributed by atoms with Crippen molar-refractivity contribution in [2.45, 2.75) is 51.4 Å². The summed E-state index contributed by atoms with van der Waals surface area (Å²) in [5.74, 6) is -0.0903. The number of nitrogens with one attached hydrogen (secondary N) is 1. The van der Waals surface area contributed by atoms with E-state index in [9.17, 15) is 14.4 Å². The van der Waals surface area contributed by atoms with Gasteiger partial charge in [-0.2, -0.15) is 0 Å². The highest BCUT2D eigenvalue weighted by atomic mass is 16.6. The van der Waals surface area contributed by atoms with E-state index >= 15 is 0 Å². The molecule has 30 heavy (non-hydrogen) atoms. The first-order valence-electron chi connectivity index (χ1n) is 10.1. The SMILES string of the molecule is O=C(NN(C(=O)OCc1ccccc1)C1CCCCCC1=O)OCc1ccccc1. The van der Waals surface area contributed by atoms with Crippen LogP contribution in [0.3, 0.4) is 0 Å². The summed E-state index contributed by atoms with van der Waals surface area (Å²) in [4.78, 5) is 37.7. The Morgan fingerprint density at radius 1 is 0.867 bits per heavy atom. The maximum absolute atomic E-state index is 12.8. The Morgan fingerprint density at radius 2 is 1.47 bits per heavy atom. The van der Waals surface area contributed by atoms with Gasteiger partial charge in [0, 0.05) is 6.42 Å². The molecule has 0 spiro atoms. The monoisotopic (exact) mass is 410 g/mol. The van der Waals surface area contributed by atoms with Crippen LogP contribution in [0.1, 0.15) is 43.2 Å². The van der Waals surface area contributed by atoms with E-state index in [1.807, 2.05) is 60.7 Å². The van der Waals surface area contributed by atoms with E-state index in [1.165, 1.54) is 0 Å². The molecule has 0 radical (unpaired) electrons. The maximum Gasteiger partial charge on any atom is 0.429 e. The van der Waals surface area contributed by atoms with Crippen LogP contribution in [0.25, 0.3) is 0 Å². The third-order valence-electron chi connectivity index (χ3n) is 4.91. The van der Waals surface area contributed by atoms with Gasteiger partial charge in [0.25, 0.3) is 0 Å². The predicted molar refractivity (Wildman–Crippen MR) is 110 cm³/mol. The predicted octanol–water partition coefficient (Wildman–Crippen LogP) is 4.37. The Bertz CT molecular complexity index is 841. The minimum Gasteiger partial charge on any atom is -0.443 e. The van der Waals surface area contributed by atoms with E-state index in [0.717, 1.165) is 35.4 Å². The number of nitrogens with zero attached hydrogens (tertiary/aromatic N) is 1. The Morgan fingerprint density at radius 3 is 2.10 bits per heavy atom. The third kappa shape index (κ3) is 6.34. The molecule has 7 nitrogen and oxygen atoms in total. The first-order chi connectivity index (χ1) is 14.6. The first-order valence-corrected chi connectivity index (χ1v) is 10.1. The standard InChI is InChI=1S/C23H26N2O5/c26-21-15-9-3-8-14-20(21)25(23(28)30-17-19-12-6-2-7-13-19)24-22(27)29-16-18-10-4-1-5-11-18/h1-2,4-7,10-13,20H,3,8-9,14-17H2,(H,24,27). The normalized spacial score (nSPS) is 16.3. The van der Waals surface area contributed by atoms with Gasteiger partial charge in [-0.3, -0.25) is 4.79 Å². The number of amides is 2. The highest BCUT2D eigenvalue weighted by molar-refractivity contribution is 5.88. The molecule has 0 aliphatic heterocycles. The van der Waals surface area contributed by atoms with Crippen molar-refractivity contribution in [2.75, 3.05) is 0 Å². The van der Waals surface area contributed by atoms with Crippen LogP contribution in [-0.4, -0.2) is 29.0 Å². The van der Waals surface area contributed by atoms with Gasteiger partial charge in [-0.1, -0.05) is 73.5 Å². The van der Waals surface area contributed by atoms with Crippen LogP contribution in [0.2, 0.25) is 0 Å². The summed E-state index contributed by atoms with van der Waals surface area (Å²) in [7, 11) is 0. The molecule has 0 aromatic heterocycles. The molecular formula is C23H26N2O5. The van der Waals surface area contributed by atoms with Crippen molar-refractivity contribution in [3.05, 3.63) is 71.8 Å². The number of hydrogen-bond donors (Lipinski definition) is 1. The maximum atomic E-state index is 12.8. The van der Waals surface area contributed by atoms with Crippen LogP contribution in [0.5, 0.6) is 0 Å². The van der Waals surface area contributed by atoms with Crippen molar-refractivity contribution in [1.29, 1.82) is 0 Å². The average molecular weight is 410 g/mol. The summed E-state index contributed by atoms with van der Waals surface area (Å²) in [6.07, 6.45) is 1.73. The second-order valence-electron chi connectivity index (χ2n) is 7.17. The van der Waals surface area contributed by atoms with Crippen LogP contribution in [0.4, 0.5) is 9.59 Å². The molecule has 1 aliphatic rings. The molecule has 2 aromatic carbocycles. The van der Waals surface area contributed by atoms with Gasteiger partial charge in [0.1, 0.15) is 19.3 Å². The highest BCUT2D eigenvalue weighted by Gasteiger charge is 2.33. The number of carbonyl (C=O) groups is 3. The van der Waals surface area contributed by atoms with Crippen LogP contribution >= 0.6 is 0 Å². The van der Waals surface area contributed by atoms with Gasteiger partial charge in [0.05, 0.1) is 0 Å². The molecule has 1 atom stereocenters. The molecule has 1 aliphatic carbocycles. The van der Waals surface area contributed by atoms with Crippen LogP contribution in [0, 0.1) is 0 Å². The lowest BCUT2D eigenvalue weighted by molar-refractivity contribution is -0.124. The second kappa shape index (κ2) is 11.0. The minimum atomic E-state index is -0.812. The van der Waals surface area contributed by atoms with Crippen LogP contribution in [-0.2, 0) is 27.5 Å². The molecule has 1 saturated carbocycles. The van der Waals surface area contributed by atoms with E-state index in [0.29, 0.717) is 12.8 Å². The lowest BCUT2D eigenvalue weighted by atomic mass is 10.1. The Kier molecular flexibility index (Phi) is 7.83. The molecule has 0 bridgehead atoms. The molecule has 2 aromatic rings. The molecule has 2 amide bonds. The van der Waals surface area contributed by atoms with E-state index in [-0.39, 0.29) is 19.0 Å². The summed E-state index contributed by atoms with van der Waals surface area (Å²) in [6.45, 7) is 0.0933. The smallest absolute Gasteiger partial charge is 0.429 e. The lowest BCUT2D eigenvalue weighted by Gasteiger charge is -2.29. The number of ketones is 1. The molecule has 1 N–H and O–H groups in total. The number of Topliss-reactive ketones (excluding diaryl/α,β-unsaturated/α-hetero) is 1. The van der Waals surface area contributed by atoms with Gasteiger partial charge in [-0.05, 0) is 24.0 Å². The highest BCUT2D eigenvalue weighted by Crippen LogP contribution is 2.19. The van der Waals surface area contributed by atoms with Crippen molar-refractivity contribution < 1.29 is 23.9 Å². The second-order valence-corrected chi connectivity index (χ2v) is 7.17. The number of benzene rings is 2. The zero-order valence-electron chi connectivity index (χ0n) is 16.8. The molecule has 7 heteroatoms. The number of ether oxygens (including phenoxy) is 2. The lowest BCUT2D eigenvalue weighted by Crippen LogP contribution is -2.54. The van der Waals surface area contributed by atoms with E-state index < -0.39 is 18.2 Å². The number of carbonyl (C=O) groups excluding carboxylic acids is 3. The zero-order chi connectivity index (χ0) is 21.2. The van der Waals surface area contributed by atoms with Crippen molar-refractivity contribution in [3.63, 3.8) is 0 Å². The van der Waals surface area contributed by atoms with Crippen molar-refractivity contribution in [1.82, 2.24) is 10.4 Å². The third-order valence-corrected chi connectivity index (χ3v) is 4.91. The fraction of sp³-hybridized carbons (Fsp3) is 0.348. The van der Waals surface area contributed by atoms with Crippen molar-refractivity contribution in [3.8, 4) is 0 Å². The fourth-order valence-electron chi connectivity index (χ4n) is 3.31. The van der Waals surface area contributed by atoms with Crippen LogP contribution < -0.4 is 5.43 Å². The van der Waals surface area contributed by atoms with E-state index in [1.54, 1.807) is 0 Å². The first kappa shape index (κ1) is 21.4. The minimum absolute atomic E-state index is 0.0395. The molecule has 3 rings (SSSR count). The van der Waals surface area contributed by atoms with Gasteiger partial charge in [-0.25, -0.2) is 20.0 Å². The molecular weight excluding hydrogens is 384 g/mol. The Hall–Kier alpha value is -3.35. The Labute approximate surface area is 175 Å². The van der Waals surface area contributed by atoms with Gasteiger partial charge >= 0.3 is 12.2 Å². The van der Waals surface area contributed by atoms with Gasteiger partial charge in [0.2, 0.25) is 0 Å². The fourth-order valence-corrected chi connectivity index (χ4v) is 3.31. The summed E-state index contributed by atoms with van der Waals surface area (Å²) >= 11 is 0. The van der Waals surface area contributed by atoms with Gasteiger partial charge in [-0.15, -0.1) is 0 Å². The summed E-state index contributed by atoms with van der Waals surface area (Å²) in [5, 5.41) is 0.990. The number of hydrazine groups is 1.